The Morgan fingerprint density at radius 3 is 2.73 bits per heavy atom. The zero-order chi connectivity index (χ0) is 18.7. The lowest BCUT2D eigenvalue weighted by Gasteiger charge is -2.11. The second-order valence-electron chi connectivity index (χ2n) is 5.70. The number of ether oxygens (including phenoxy) is 1. The molecule has 3 aromatic rings. The summed E-state index contributed by atoms with van der Waals surface area (Å²) in [5.74, 6) is 0.640. The summed E-state index contributed by atoms with van der Waals surface area (Å²) in [6.07, 6.45) is 3.23. The van der Waals surface area contributed by atoms with Gasteiger partial charge in [-0.2, -0.15) is 0 Å². The van der Waals surface area contributed by atoms with E-state index in [0.717, 1.165) is 18.4 Å². The van der Waals surface area contributed by atoms with Gasteiger partial charge in [0.15, 0.2) is 5.52 Å². The predicted molar refractivity (Wildman–Crippen MR) is 97.4 cm³/mol. The van der Waals surface area contributed by atoms with Gasteiger partial charge >= 0.3 is 0 Å². The Morgan fingerprint density at radius 2 is 2.04 bits per heavy atom. The van der Waals surface area contributed by atoms with Crippen LogP contribution in [0.25, 0.3) is 22.4 Å². The lowest BCUT2D eigenvalue weighted by atomic mass is 10.1. The van der Waals surface area contributed by atoms with Crippen LogP contribution in [0.1, 0.15) is 25.8 Å². The van der Waals surface area contributed by atoms with Gasteiger partial charge in [0.25, 0.3) is 11.2 Å². The van der Waals surface area contributed by atoms with Crippen molar-refractivity contribution < 1.29 is 9.66 Å². The van der Waals surface area contributed by atoms with E-state index in [4.69, 9.17) is 4.74 Å². The third-order valence-corrected chi connectivity index (χ3v) is 3.93. The molecule has 0 unspecified atom stereocenters. The van der Waals surface area contributed by atoms with E-state index in [0.29, 0.717) is 23.4 Å². The van der Waals surface area contributed by atoms with Crippen molar-refractivity contribution in [2.24, 2.45) is 0 Å². The van der Waals surface area contributed by atoms with Gasteiger partial charge in [-0.05, 0) is 31.0 Å². The highest BCUT2D eigenvalue weighted by atomic mass is 16.6. The molecule has 0 radical (unpaired) electrons. The molecule has 8 nitrogen and oxygen atoms in total. The summed E-state index contributed by atoms with van der Waals surface area (Å²) in [7, 11) is 0. The molecule has 134 valence electrons. The van der Waals surface area contributed by atoms with Crippen LogP contribution in [0.2, 0.25) is 0 Å². The fourth-order valence-electron chi connectivity index (χ4n) is 2.79. The first kappa shape index (κ1) is 17.5. The van der Waals surface area contributed by atoms with Crippen LogP contribution in [0.5, 0.6) is 5.75 Å². The molecule has 2 heterocycles. The largest absolute Gasteiger partial charge is 0.493 e. The van der Waals surface area contributed by atoms with Crippen molar-refractivity contribution in [3.05, 3.63) is 56.5 Å². The van der Waals surface area contributed by atoms with Gasteiger partial charge in [0, 0.05) is 18.3 Å². The maximum Gasteiger partial charge on any atom is 0.277 e. The SMILES string of the molecule is CCCc1ccnc2c(=O)[nH]c(-c3cc([N+](=O)[O-])ccc3OCC)nc12. The van der Waals surface area contributed by atoms with E-state index in [1.807, 2.05) is 19.9 Å². The van der Waals surface area contributed by atoms with Gasteiger partial charge in [0.1, 0.15) is 17.1 Å². The van der Waals surface area contributed by atoms with Crippen LogP contribution in [-0.2, 0) is 6.42 Å². The molecule has 8 heteroatoms. The molecular formula is C18H18N4O4. The maximum atomic E-state index is 12.5. The van der Waals surface area contributed by atoms with Gasteiger partial charge in [-0.15, -0.1) is 0 Å². The Bertz CT molecular complexity index is 1030. The highest BCUT2D eigenvalue weighted by Gasteiger charge is 2.17. The van der Waals surface area contributed by atoms with Crippen LogP contribution in [0, 0.1) is 10.1 Å². The Hall–Kier alpha value is -3.29. The number of nitro benzene ring substituents is 1. The van der Waals surface area contributed by atoms with Crippen LogP contribution >= 0.6 is 0 Å². The number of H-pyrrole nitrogens is 1. The van der Waals surface area contributed by atoms with Crippen molar-refractivity contribution in [1.82, 2.24) is 15.0 Å². The van der Waals surface area contributed by atoms with Crippen LogP contribution in [0.3, 0.4) is 0 Å². The second-order valence-corrected chi connectivity index (χ2v) is 5.70. The minimum atomic E-state index is -0.498. The van der Waals surface area contributed by atoms with Crippen molar-refractivity contribution in [2.75, 3.05) is 6.61 Å². The predicted octanol–water partition coefficient (Wildman–Crippen LogP) is 3.24. The number of hydrogen-bond acceptors (Lipinski definition) is 6. The summed E-state index contributed by atoms with van der Waals surface area (Å²) >= 11 is 0. The quantitative estimate of drug-likeness (QED) is 0.537. The first-order valence-electron chi connectivity index (χ1n) is 8.34. The number of nitrogens with one attached hydrogen (secondary N) is 1. The zero-order valence-electron chi connectivity index (χ0n) is 14.5. The number of aromatic nitrogens is 3. The molecule has 0 spiro atoms. The average molecular weight is 354 g/mol. The average Bonchev–Trinajstić information content (AvgIpc) is 2.63. The number of benzene rings is 1. The van der Waals surface area contributed by atoms with Gasteiger partial charge in [0.05, 0.1) is 17.1 Å². The van der Waals surface area contributed by atoms with E-state index >= 15 is 0 Å². The van der Waals surface area contributed by atoms with Gasteiger partial charge in [0.2, 0.25) is 0 Å². The number of nitrogens with zero attached hydrogens (tertiary/aromatic N) is 3. The molecule has 0 atom stereocenters. The van der Waals surface area contributed by atoms with E-state index in [2.05, 4.69) is 15.0 Å². The van der Waals surface area contributed by atoms with Crippen LogP contribution in [0.4, 0.5) is 5.69 Å². The number of nitro groups is 1. The minimum Gasteiger partial charge on any atom is -0.493 e. The van der Waals surface area contributed by atoms with E-state index in [1.54, 1.807) is 6.20 Å². The van der Waals surface area contributed by atoms with E-state index < -0.39 is 10.5 Å². The topological polar surface area (TPSA) is 111 Å². The number of pyridine rings is 1. The molecule has 26 heavy (non-hydrogen) atoms. The third kappa shape index (κ3) is 3.26. The molecule has 0 aliphatic rings. The summed E-state index contributed by atoms with van der Waals surface area (Å²) in [6.45, 7) is 4.23. The fourth-order valence-corrected chi connectivity index (χ4v) is 2.79. The second kappa shape index (κ2) is 7.30. The molecule has 0 saturated carbocycles. The molecule has 0 aliphatic carbocycles. The Kier molecular flexibility index (Phi) is 4.92. The number of hydrogen-bond donors (Lipinski definition) is 1. The summed E-state index contributed by atoms with van der Waals surface area (Å²) in [5, 5.41) is 11.1. The molecule has 0 aliphatic heterocycles. The van der Waals surface area contributed by atoms with Gasteiger partial charge < -0.3 is 9.72 Å². The van der Waals surface area contributed by atoms with Crippen LogP contribution < -0.4 is 10.3 Å². The number of non-ortho nitro benzene ring substituents is 1. The maximum absolute atomic E-state index is 12.5. The van der Waals surface area contributed by atoms with Crippen molar-refractivity contribution in [3.63, 3.8) is 0 Å². The Labute approximate surface area is 149 Å². The third-order valence-electron chi connectivity index (χ3n) is 3.93. The highest BCUT2D eigenvalue weighted by Crippen LogP contribution is 2.32. The van der Waals surface area contributed by atoms with Crippen LogP contribution in [-0.4, -0.2) is 26.5 Å². The minimum absolute atomic E-state index is 0.105. The summed E-state index contributed by atoms with van der Waals surface area (Å²) < 4.78 is 5.56. The molecule has 3 rings (SSSR count). The molecule has 0 fully saturated rings. The summed E-state index contributed by atoms with van der Waals surface area (Å²) in [4.78, 5) is 34.5. The summed E-state index contributed by atoms with van der Waals surface area (Å²) in [5.41, 5.74) is 1.54. The van der Waals surface area contributed by atoms with Crippen molar-refractivity contribution in [1.29, 1.82) is 0 Å². The summed E-state index contributed by atoms with van der Waals surface area (Å²) in [6, 6.07) is 6.05. The normalized spacial score (nSPS) is 10.8. The smallest absolute Gasteiger partial charge is 0.277 e. The zero-order valence-corrected chi connectivity index (χ0v) is 14.5. The van der Waals surface area contributed by atoms with Gasteiger partial charge in [-0.25, -0.2) is 9.97 Å². The number of fused-ring (bicyclic) bond motifs is 1. The fraction of sp³-hybridized carbons (Fsp3) is 0.278. The first-order valence-corrected chi connectivity index (χ1v) is 8.34. The van der Waals surface area contributed by atoms with Crippen molar-refractivity contribution >= 4 is 16.7 Å². The van der Waals surface area contributed by atoms with E-state index in [-0.39, 0.29) is 17.0 Å². The standard InChI is InChI=1S/C18H18N4O4/c1-3-5-11-8-9-19-16-15(11)20-17(21-18(16)23)13-10-12(22(24)25)6-7-14(13)26-4-2/h6-10H,3-5H2,1-2H3,(H,20,21,23). The lowest BCUT2D eigenvalue weighted by molar-refractivity contribution is -0.384. The number of aryl methyl sites for hydroxylation is 1. The molecule has 0 saturated heterocycles. The molecule has 1 aromatic carbocycles. The molecule has 0 bridgehead atoms. The molecule has 1 N–H and O–H groups in total. The Morgan fingerprint density at radius 1 is 1.23 bits per heavy atom. The monoisotopic (exact) mass is 354 g/mol. The van der Waals surface area contributed by atoms with Gasteiger partial charge in [-0.1, -0.05) is 13.3 Å². The van der Waals surface area contributed by atoms with Gasteiger partial charge in [-0.3, -0.25) is 14.9 Å². The number of rotatable bonds is 6. The molecule has 2 aromatic heterocycles. The van der Waals surface area contributed by atoms with Crippen molar-refractivity contribution in [2.45, 2.75) is 26.7 Å². The van der Waals surface area contributed by atoms with Crippen LogP contribution in [0.15, 0.2) is 35.3 Å². The van der Waals surface area contributed by atoms with E-state index in [9.17, 15) is 14.9 Å². The highest BCUT2D eigenvalue weighted by molar-refractivity contribution is 5.80. The van der Waals surface area contributed by atoms with Crippen molar-refractivity contribution in [3.8, 4) is 17.1 Å². The first-order chi connectivity index (χ1) is 12.5. The Balaban J connectivity index is 2.28. The molecular weight excluding hydrogens is 336 g/mol. The number of aromatic amines is 1. The molecule has 0 amide bonds. The lowest BCUT2D eigenvalue weighted by Crippen LogP contribution is -2.13. The van der Waals surface area contributed by atoms with E-state index in [1.165, 1.54) is 18.2 Å².